The number of hydrogen-bond donors (Lipinski definition) is 2. The van der Waals surface area contributed by atoms with Crippen molar-refractivity contribution in [2.24, 2.45) is 0 Å². The molecule has 0 saturated heterocycles. The average molecular weight is 371 g/mol. The van der Waals surface area contributed by atoms with Crippen LogP contribution in [-0.4, -0.2) is 11.8 Å². The number of aryl methyl sites for hydroxylation is 2. The second kappa shape index (κ2) is 7.57. The monoisotopic (exact) mass is 370 g/mol. The summed E-state index contributed by atoms with van der Waals surface area (Å²) in [5.74, 6) is -6.19. The highest BCUT2D eigenvalue weighted by Gasteiger charge is 2.17. The van der Waals surface area contributed by atoms with E-state index < -0.39 is 41.4 Å². The molecule has 0 fully saturated rings. The zero-order valence-electron chi connectivity index (χ0n) is 13.3. The Balaban J connectivity index is 2.04. The highest BCUT2D eigenvalue weighted by molar-refractivity contribution is 6.34. The fourth-order valence-corrected chi connectivity index (χ4v) is 2.59. The third kappa shape index (κ3) is 4.51. The number of carbonyl (C=O) groups is 2. The molecule has 2 aromatic rings. The maximum absolute atomic E-state index is 13.5. The first kappa shape index (κ1) is 18.8. The molecule has 0 radical (unpaired) electrons. The van der Waals surface area contributed by atoms with Gasteiger partial charge in [0.15, 0.2) is 17.5 Å². The Labute approximate surface area is 147 Å². The van der Waals surface area contributed by atoms with E-state index in [2.05, 4.69) is 5.32 Å². The van der Waals surface area contributed by atoms with Gasteiger partial charge in [0.25, 0.3) is 0 Å². The van der Waals surface area contributed by atoms with Crippen molar-refractivity contribution >= 4 is 34.8 Å². The van der Waals surface area contributed by atoms with E-state index in [4.69, 9.17) is 11.6 Å². The number of anilines is 2. The summed E-state index contributed by atoms with van der Waals surface area (Å²) in [5, 5.41) is 4.83. The van der Waals surface area contributed by atoms with Gasteiger partial charge in [-0.15, -0.1) is 0 Å². The van der Waals surface area contributed by atoms with E-state index in [1.807, 2.05) is 12.2 Å². The molecule has 0 spiro atoms. The third-order valence-electron chi connectivity index (χ3n) is 3.33. The van der Waals surface area contributed by atoms with Crippen molar-refractivity contribution in [1.82, 2.24) is 0 Å². The van der Waals surface area contributed by atoms with Gasteiger partial charge in [-0.05, 0) is 43.2 Å². The zero-order chi connectivity index (χ0) is 18.7. The van der Waals surface area contributed by atoms with Crippen LogP contribution in [0.15, 0.2) is 24.3 Å². The zero-order valence-corrected chi connectivity index (χ0v) is 14.1. The summed E-state index contributed by atoms with van der Waals surface area (Å²) in [7, 11) is 0. The molecule has 0 aliphatic carbocycles. The van der Waals surface area contributed by atoms with Gasteiger partial charge < -0.3 is 10.6 Å². The van der Waals surface area contributed by atoms with Crippen molar-refractivity contribution < 1.29 is 22.8 Å². The molecule has 25 heavy (non-hydrogen) atoms. The lowest BCUT2D eigenvalue weighted by Crippen LogP contribution is -2.22. The molecule has 0 aliphatic rings. The molecule has 132 valence electrons. The quantitative estimate of drug-likeness (QED) is 0.621. The Kier molecular flexibility index (Phi) is 5.69. The Morgan fingerprint density at radius 2 is 1.64 bits per heavy atom. The standard InChI is InChI=1S/C17H14ClF3N2O2/c1-8-5-9(2)17(10(18)6-8)23-14(25)7-13(24)22-12-4-3-11(19)15(20)16(12)21/h3-6H,7H2,1-2H3,(H,22,24)(H,23,25). The number of amides is 2. The Hall–Kier alpha value is -2.54. The number of hydrogen-bond acceptors (Lipinski definition) is 2. The molecule has 0 aromatic heterocycles. The minimum Gasteiger partial charge on any atom is -0.324 e. The van der Waals surface area contributed by atoms with E-state index in [-0.39, 0.29) is 0 Å². The first-order valence-corrected chi connectivity index (χ1v) is 7.56. The van der Waals surface area contributed by atoms with Gasteiger partial charge in [0.05, 0.1) is 16.4 Å². The largest absolute Gasteiger partial charge is 0.324 e. The van der Waals surface area contributed by atoms with Crippen molar-refractivity contribution in [3.05, 3.63) is 57.9 Å². The molecule has 0 heterocycles. The summed E-state index contributed by atoms with van der Waals surface area (Å²) in [6, 6.07) is 4.99. The molecular weight excluding hydrogens is 357 g/mol. The van der Waals surface area contributed by atoms with Gasteiger partial charge in [0, 0.05) is 0 Å². The minimum absolute atomic E-state index is 0.318. The highest BCUT2D eigenvalue weighted by Crippen LogP contribution is 2.27. The molecule has 0 atom stereocenters. The van der Waals surface area contributed by atoms with E-state index in [0.29, 0.717) is 22.3 Å². The maximum atomic E-state index is 13.5. The van der Waals surface area contributed by atoms with Gasteiger partial charge in [-0.2, -0.15) is 0 Å². The fourth-order valence-electron chi connectivity index (χ4n) is 2.22. The van der Waals surface area contributed by atoms with Crippen LogP contribution in [0.5, 0.6) is 0 Å². The summed E-state index contributed by atoms with van der Waals surface area (Å²) < 4.78 is 39.5. The van der Waals surface area contributed by atoms with Crippen molar-refractivity contribution in [3.8, 4) is 0 Å². The molecule has 2 amide bonds. The second-order valence-corrected chi connectivity index (χ2v) is 5.84. The van der Waals surface area contributed by atoms with E-state index in [9.17, 15) is 22.8 Å². The van der Waals surface area contributed by atoms with Crippen LogP contribution >= 0.6 is 11.6 Å². The van der Waals surface area contributed by atoms with Gasteiger partial charge in [-0.25, -0.2) is 13.2 Å². The minimum atomic E-state index is -1.70. The van der Waals surface area contributed by atoms with E-state index >= 15 is 0 Å². The summed E-state index contributed by atoms with van der Waals surface area (Å²) >= 11 is 6.06. The highest BCUT2D eigenvalue weighted by atomic mass is 35.5. The van der Waals surface area contributed by atoms with E-state index in [1.165, 1.54) is 0 Å². The van der Waals surface area contributed by atoms with Crippen LogP contribution in [0, 0.1) is 31.3 Å². The van der Waals surface area contributed by atoms with E-state index in [1.54, 1.807) is 19.1 Å². The van der Waals surface area contributed by atoms with Gasteiger partial charge in [0.1, 0.15) is 6.42 Å². The lowest BCUT2D eigenvalue weighted by atomic mass is 10.1. The Bertz CT molecular complexity index is 833. The summed E-state index contributed by atoms with van der Waals surface area (Å²) in [6.45, 7) is 3.58. The molecule has 2 aromatic carbocycles. The number of benzene rings is 2. The van der Waals surface area contributed by atoms with Gasteiger partial charge in [-0.1, -0.05) is 17.7 Å². The third-order valence-corrected chi connectivity index (χ3v) is 3.62. The van der Waals surface area contributed by atoms with E-state index in [0.717, 1.165) is 11.6 Å². The molecule has 0 bridgehead atoms. The van der Waals surface area contributed by atoms with Crippen molar-refractivity contribution in [2.45, 2.75) is 20.3 Å². The van der Waals surface area contributed by atoms with Crippen molar-refractivity contribution in [2.75, 3.05) is 10.6 Å². The van der Waals surface area contributed by atoms with Crippen LogP contribution in [0.1, 0.15) is 17.5 Å². The first-order chi connectivity index (χ1) is 11.7. The number of rotatable bonds is 4. The molecule has 0 aliphatic heterocycles. The lowest BCUT2D eigenvalue weighted by molar-refractivity contribution is -0.123. The Morgan fingerprint density at radius 3 is 2.28 bits per heavy atom. The summed E-state index contributed by atoms with van der Waals surface area (Å²) in [5.41, 5.74) is 1.43. The average Bonchev–Trinajstić information content (AvgIpc) is 2.51. The fraction of sp³-hybridized carbons (Fsp3) is 0.176. The molecule has 0 saturated carbocycles. The Morgan fingerprint density at radius 1 is 1.00 bits per heavy atom. The summed E-state index contributed by atoms with van der Waals surface area (Å²) in [4.78, 5) is 23.7. The first-order valence-electron chi connectivity index (χ1n) is 7.19. The smallest absolute Gasteiger partial charge is 0.233 e. The van der Waals surface area contributed by atoms with Crippen molar-refractivity contribution in [1.29, 1.82) is 0 Å². The topological polar surface area (TPSA) is 58.2 Å². The van der Waals surface area contributed by atoms with Crippen LogP contribution in [0.4, 0.5) is 24.5 Å². The normalized spacial score (nSPS) is 10.5. The van der Waals surface area contributed by atoms with Gasteiger partial charge in [-0.3, -0.25) is 9.59 Å². The van der Waals surface area contributed by atoms with Gasteiger partial charge >= 0.3 is 0 Å². The predicted molar refractivity (Wildman–Crippen MR) is 89.1 cm³/mol. The molecule has 8 heteroatoms. The lowest BCUT2D eigenvalue weighted by Gasteiger charge is -2.12. The number of halogens is 4. The molecule has 4 nitrogen and oxygen atoms in total. The van der Waals surface area contributed by atoms with Gasteiger partial charge in [0.2, 0.25) is 11.8 Å². The molecule has 2 N–H and O–H groups in total. The van der Waals surface area contributed by atoms with Crippen LogP contribution in [0.2, 0.25) is 5.02 Å². The van der Waals surface area contributed by atoms with Crippen LogP contribution < -0.4 is 10.6 Å². The molecule has 2 rings (SSSR count). The predicted octanol–water partition coefficient (Wildman–Crippen LogP) is 4.34. The molecule has 0 unspecified atom stereocenters. The SMILES string of the molecule is Cc1cc(C)c(NC(=O)CC(=O)Nc2ccc(F)c(F)c2F)c(Cl)c1. The molecular formula is C17H14ClF3N2O2. The van der Waals surface area contributed by atoms with Crippen LogP contribution in [-0.2, 0) is 9.59 Å². The number of nitrogens with one attached hydrogen (secondary N) is 2. The van der Waals surface area contributed by atoms with Crippen molar-refractivity contribution in [3.63, 3.8) is 0 Å². The number of carbonyl (C=O) groups excluding carboxylic acids is 2. The van der Waals surface area contributed by atoms with Crippen LogP contribution in [0.25, 0.3) is 0 Å². The second-order valence-electron chi connectivity index (χ2n) is 5.43. The maximum Gasteiger partial charge on any atom is 0.233 e. The summed E-state index contributed by atoms with van der Waals surface area (Å²) in [6.07, 6.45) is -0.651. The van der Waals surface area contributed by atoms with Crippen LogP contribution in [0.3, 0.4) is 0 Å².